The van der Waals surface area contributed by atoms with E-state index in [2.05, 4.69) is 5.32 Å². The Labute approximate surface area is 224 Å². The molecule has 4 heterocycles. The Morgan fingerprint density at radius 2 is 1.43 bits per heavy atom. The van der Waals surface area contributed by atoms with Gasteiger partial charge in [0.2, 0.25) is 5.91 Å². The Balaban J connectivity index is 1.03. The van der Waals surface area contributed by atoms with Gasteiger partial charge in [0.15, 0.2) is 12.6 Å². The van der Waals surface area contributed by atoms with Gasteiger partial charge in [-0.05, 0) is 18.8 Å². The maximum absolute atomic E-state index is 12.1. The summed E-state index contributed by atoms with van der Waals surface area (Å²) in [6.45, 7) is 2.20. The van der Waals surface area contributed by atoms with Gasteiger partial charge in [0.05, 0.1) is 38.3 Å². The van der Waals surface area contributed by atoms with Gasteiger partial charge in [-0.3, -0.25) is 14.4 Å². The van der Waals surface area contributed by atoms with Crippen LogP contribution in [0.5, 0.6) is 0 Å². The summed E-state index contributed by atoms with van der Waals surface area (Å²) in [6.07, 6.45) is 3.52. The maximum Gasteiger partial charge on any atom is 0.333 e. The number of hydrogen-bond acceptors (Lipinski definition) is 11. The number of hydroxylamine groups is 2. The summed E-state index contributed by atoms with van der Waals surface area (Å²) in [4.78, 5) is 52.0. The average Bonchev–Trinajstić information content (AvgIpc) is 3.53. The van der Waals surface area contributed by atoms with Crippen LogP contribution in [0.4, 0.5) is 0 Å². The molecular formula is C24H36N2O9S2. The predicted molar refractivity (Wildman–Crippen MR) is 135 cm³/mol. The van der Waals surface area contributed by atoms with Crippen molar-refractivity contribution in [3.8, 4) is 0 Å². The fourth-order valence-electron chi connectivity index (χ4n) is 4.43. The van der Waals surface area contributed by atoms with Gasteiger partial charge in [-0.25, -0.2) is 4.79 Å². The van der Waals surface area contributed by atoms with Crippen LogP contribution in [0.25, 0.3) is 0 Å². The van der Waals surface area contributed by atoms with Crippen molar-refractivity contribution in [3.05, 3.63) is 0 Å². The molecule has 0 radical (unpaired) electrons. The second-order valence-electron chi connectivity index (χ2n) is 10.0. The Bertz CT molecular complexity index is 790. The zero-order valence-electron chi connectivity index (χ0n) is 21.0. The SMILES string of the molecule is O=C(CCC1OCC2(CO1)COC(CCC(=O)ON1C(=O)CCC1=O)OC2)NCCCCC1CSSC1. The molecule has 4 aliphatic rings. The summed E-state index contributed by atoms with van der Waals surface area (Å²) in [5.41, 5.74) is -0.430. The average molecular weight is 561 g/mol. The first-order valence-corrected chi connectivity index (χ1v) is 15.5. The number of rotatable bonds is 12. The zero-order chi connectivity index (χ0) is 26.1. The van der Waals surface area contributed by atoms with Gasteiger partial charge < -0.3 is 29.1 Å². The molecule has 4 fully saturated rings. The van der Waals surface area contributed by atoms with E-state index >= 15 is 0 Å². The van der Waals surface area contributed by atoms with E-state index in [4.69, 9.17) is 23.8 Å². The molecular weight excluding hydrogens is 524 g/mol. The van der Waals surface area contributed by atoms with Crippen molar-refractivity contribution < 1.29 is 43.0 Å². The zero-order valence-corrected chi connectivity index (χ0v) is 22.6. The van der Waals surface area contributed by atoms with Gasteiger partial charge in [0.1, 0.15) is 0 Å². The Kier molecular flexibility index (Phi) is 10.9. The molecule has 0 bridgehead atoms. The quantitative estimate of drug-likeness (QED) is 0.214. The van der Waals surface area contributed by atoms with E-state index in [1.807, 2.05) is 21.6 Å². The van der Waals surface area contributed by atoms with Crippen LogP contribution in [0, 0.1) is 11.3 Å². The minimum atomic E-state index is -0.685. The summed E-state index contributed by atoms with van der Waals surface area (Å²) in [5.74, 6) is 1.64. The number of nitrogens with zero attached hydrogens (tertiary/aromatic N) is 1. The van der Waals surface area contributed by atoms with Crippen molar-refractivity contribution in [1.82, 2.24) is 10.4 Å². The highest BCUT2D eigenvalue weighted by atomic mass is 33.1. The van der Waals surface area contributed by atoms with Crippen molar-refractivity contribution in [2.45, 2.75) is 70.4 Å². The number of nitrogens with one attached hydrogen (secondary N) is 1. The molecule has 0 atom stereocenters. The van der Waals surface area contributed by atoms with E-state index in [0.29, 0.717) is 50.9 Å². The number of amides is 3. The first kappa shape index (κ1) is 28.6. The lowest BCUT2D eigenvalue weighted by atomic mass is 9.90. The van der Waals surface area contributed by atoms with Crippen LogP contribution in [0.3, 0.4) is 0 Å². The van der Waals surface area contributed by atoms with Crippen LogP contribution in [0.2, 0.25) is 0 Å². The molecule has 13 heteroatoms. The number of carbonyl (C=O) groups excluding carboxylic acids is 4. The number of ether oxygens (including phenoxy) is 4. The van der Waals surface area contributed by atoms with E-state index in [0.717, 1.165) is 18.8 Å². The van der Waals surface area contributed by atoms with Crippen LogP contribution in [0.15, 0.2) is 0 Å². The smallest absolute Gasteiger partial charge is 0.333 e. The number of hydrogen-bond donors (Lipinski definition) is 1. The van der Waals surface area contributed by atoms with Gasteiger partial charge in [-0.1, -0.05) is 28.0 Å². The van der Waals surface area contributed by atoms with Gasteiger partial charge in [0.25, 0.3) is 11.8 Å². The maximum atomic E-state index is 12.1. The number of unbranched alkanes of at least 4 members (excludes halogenated alkanes) is 1. The molecule has 0 aromatic rings. The van der Waals surface area contributed by atoms with Gasteiger partial charge in [-0.2, -0.15) is 0 Å². The van der Waals surface area contributed by atoms with E-state index < -0.39 is 35.8 Å². The third kappa shape index (κ3) is 8.82. The molecule has 3 amide bonds. The standard InChI is InChI=1S/C24H36N2O9S2/c27-18(25-10-2-1-3-17-11-36-37-12-17)4-8-22-31-13-24(14-32-22)15-33-23(34-16-24)9-7-21(30)35-26-19(28)5-6-20(26)29/h17,22-23H,1-16H2,(H,25,27). The highest BCUT2D eigenvalue weighted by Gasteiger charge is 2.42. The molecule has 0 saturated carbocycles. The van der Waals surface area contributed by atoms with Crippen LogP contribution in [0.1, 0.15) is 57.8 Å². The third-order valence-electron chi connectivity index (χ3n) is 6.74. The van der Waals surface area contributed by atoms with E-state index in [9.17, 15) is 19.2 Å². The minimum absolute atomic E-state index is 0.0172. The Hall–Kier alpha value is -1.38. The molecule has 4 aliphatic heterocycles. The van der Waals surface area contributed by atoms with Gasteiger partial charge >= 0.3 is 5.97 Å². The summed E-state index contributed by atoms with van der Waals surface area (Å²) in [5, 5.41) is 3.52. The predicted octanol–water partition coefficient (Wildman–Crippen LogP) is 2.18. The molecule has 1 N–H and O–H groups in total. The Morgan fingerprint density at radius 3 is 2.03 bits per heavy atom. The van der Waals surface area contributed by atoms with Crippen molar-refractivity contribution >= 4 is 45.3 Å². The number of carbonyl (C=O) groups is 4. The third-order valence-corrected chi connectivity index (χ3v) is 9.44. The lowest BCUT2D eigenvalue weighted by Crippen LogP contribution is -2.52. The largest absolute Gasteiger partial charge is 0.356 e. The molecule has 4 rings (SSSR count). The van der Waals surface area contributed by atoms with Crippen LogP contribution >= 0.6 is 21.6 Å². The molecule has 0 aliphatic carbocycles. The highest BCUT2D eigenvalue weighted by molar-refractivity contribution is 8.77. The fraction of sp³-hybridized carbons (Fsp3) is 0.833. The second kappa shape index (κ2) is 14.1. The normalized spacial score (nSPS) is 28.7. The Morgan fingerprint density at radius 1 is 0.865 bits per heavy atom. The van der Waals surface area contributed by atoms with Gasteiger partial charge in [0, 0.05) is 50.2 Å². The second-order valence-corrected chi connectivity index (χ2v) is 12.6. The molecule has 0 unspecified atom stereocenters. The van der Waals surface area contributed by atoms with E-state index in [-0.39, 0.29) is 31.6 Å². The molecule has 208 valence electrons. The van der Waals surface area contributed by atoms with Crippen LogP contribution < -0.4 is 5.32 Å². The van der Waals surface area contributed by atoms with Crippen molar-refractivity contribution in [3.63, 3.8) is 0 Å². The van der Waals surface area contributed by atoms with Crippen molar-refractivity contribution in [2.24, 2.45) is 11.3 Å². The number of imide groups is 1. The van der Waals surface area contributed by atoms with Gasteiger partial charge in [-0.15, -0.1) is 5.06 Å². The summed E-state index contributed by atoms with van der Waals surface area (Å²) in [6, 6.07) is 0. The summed E-state index contributed by atoms with van der Waals surface area (Å²) >= 11 is 0. The molecule has 0 aromatic carbocycles. The van der Waals surface area contributed by atoms with E-state index in [1.54, 1.807) is 0 Å². The molecule has 11 nitrogen and oxygen atoms in total. The first-order valence-electron chi connectivity index (χ1n) is 13.0. The molecule has 0 aromatic heterocycles. The molecule has 1 spiro atoms. The van der Waals surface area contributed by atoms with Crippen LogP contribution in [-0.4, -0.2) is 85.8 Å². The highest BCUT2D eigenvalue weighted by Crippen LogP contribution is 2.36. The fourth-order valence-corrected chi connectivity index (χ4v) is 7.45. The van der Waals surface area contributed by atoms with Crippen molar-refractivity contribution in [1.29, 1.82) is 0 Å². The topological polar surface area (TPSA) is 130 Å². The minimum Gasteiger partial charge on any atom is -0.356 e. The lowest BCUT2D eigenvalue weighted by Gasteiger charge is -2.43. The summed E-state index contributed by atoms with van der Waals surface area (Å²) in [7, 11) is 3.92. The monoisotopic (exact) mass is 560 g/mol. The molecule has 4 saturated heterocycles. The first-order chi connectivity index (χ1) is 17.9. The van der Waals surface area contributed by atoms with Crippen LogP contribution in [-0.2, 0) is 43.0 Å². The van der Waals surface area contributed by atoms with E-state index in [1.165, 1.54) is 17.9 Å². The lowest BCUT2D eigenvalue weighted by molar-refractivity contribution is -0.304. The molecule has 37 heavy (non-hydrogen) atoms. The van der Waals surface area contributed by atoms with Crippen molar-refractivity contribution in [2.75, 3.05) is 44.5 Å². The summed E-state index contributed by atoms with van der Waals surface area (Å²) < 4.78 is 23.2.